The van der Waals surface area contributed by atoms with E-state index in [4.69, 9.17) is 4.74 Å². The Hall–Kier alpha value is -6.55. The number of fused-ring (bicyclic) bond motifs is 3. The van der Waals surface area contributed by atoms with Crippen LogP contribution in [-0.4, -0.2) is 264 Å². The van der Waals surface area contributed by atoms with Gasteiger partial charge in [-0.2, -0.15) is 13.2 Å². The van der Waals surface area contributed by atoms with Crippen LogP contribution in [0.25, 0.3) is 0 Å². The molecule has 0 aromatic rings. The summed E-state index contributed by atoms with van der Waals surface area (Å²) in [6.45, 7) is 9.31. The molecule has 1 spiro atoms. The molecule has 0 aromatic heterocycles. The first kappa shape index (κ1) is 81.7. The lowest BCUT2D eigenvalue weighted by atomic mass is 9.74. The van der Waals surface area contributed by atoms with Gasteiger partial charge in [0.25, 0.3) is 0 Å². The third-order valence-corrected chi connectivity index (χ3v) is 23.2. The van der Waals surface area contributed by atoms with Gasteiger partial charge in [-0.05, 0) is 140 Å². The fraction of sp³-hybridized carbons (Fsp3) is 0.819. The normalized spacial score (nSPS) is 33.0. The highest BCUT2D eigenvalue weighted by atomic mass is 19.4. The van der Waals surface area contributed by atoms with Crippen molar-refractivity contribution in [2.45, 2.75) is 267 Å². The third kappa shape index (κ3) is 20.0. The summed E-state index contributed by atoms with van der Waals surface area (Å²) in [4.78, 5) is 175. The largest absolute Gasteiger partial charge is 0.397 e. The number of carbonyl (C=O) groups is 11. The van der Waals surface area contributed by atoms with Crippen LogP contribution in [0.2, 0.25) is 0 Å². The standard InChI is InChI=1S/C72H113F6N11O12/c1-13-42(5)61-68(98)83(8)41-59(92)85(10)53-21-18-17-19-32-88(67(53)97)56(37-45-24-27-48(73)28-25-45)66(96)82(7)40-57(90)79-52(29-26-46-34-50(74)60(51(75)35-46)72(76,77)78)65(95)89-39-49(101-16-4)38-55(89)64(94)81-71(30-20-31-71)70(100)87(12)62(47(14-2)15-3)69(99)84(9)43(6)33-58(91)86(11)54(63(93)80-61)36-44-22-23-44/h17-18,42-56,60-62H,13-16,19-41H2,1-12H3,(H,79,90)(H,80,93)(H,81,94)/b18-17-/t42-,43+,45?,46?,48?,49+,50?,51?,52-,53-,54-,55-,56-,60?,61-,62-/m0/s1. The van der Waals surface area contributed by atoms with Crippen LogP contribution in [-0.2, 0) is 57.5 Å². The summed E-state index contributed by atoms with van der Waals surface area (Å²) in [7, 11) is 8.62. The van der Waals surface area contributed by atoms with Gasteiger partial charge in [0.05, 0.1) is 19.2 Å². The van der Waals surface area contributed by atoms with Crippen molar-refractivity contribution in [2.75, 3.05) is 75.1 Å². The maximum atomic E-state index is 15.4. The van der Waals surface area contributed by atoms with Crippen LogP contribution in [0.5, 0.6) is 0 Å². The Kier molecular flexibility index (Phi) is 28.9. The maximum Gasteiger partial charge on any atom is 0.397 e. The van der Waals surface area contributed by atoms with Gasteiger partial charge in [-0.3, -0.25) is 52.7 Å². The summed E-state index contributed by atoms with van der Waals surface area (Å²) < 4.78 is 93.3. The van der Waals surface area contributed by atoms with Crippen LogP contribution in [0.3, 0.4) is 0 Å². The number of rotatable bonds is 14. The summed E-state index contributed by atoms with van der Waals surface area (Å²) in [5.74, 6) is -12.4. The van der Waals surface area contributed by atoms with Crippen molar-refractivity contribution < 1.29 is 83.8 Å². The van der Waals surface area contributed by atoms with Gasteiger partial charge in [-0.25, -0.2) is 13.2 Å². The highest BCUT2D eigenvalue weighted by Gasteiger charge is 2.56. The number of ether oxygens (including phenoxy) is 1. The van der Waals surface area contributed by atoms with Gasteiger partial charge >= 0.3 is 6.18 Å². The SMILES string of the molecule is CCO[C@@H]1C[C@H]2C(=O)NC3(CCC3)C(=O)N(C)[C@@H](C(CC)CC)C(=O)N(C)[C@H](C)CC(=O)N(C)[C@@H](CC3CC3)C(=O)N[C@@H]([C@@H](C)CC)C(=O)N(C)CC(=O)N(C)[C@H]3C/C=C\CCN(C3=O)[C@@H](CC3CCC(F)CC3)C(=O)N(C)CC(=O)N[C@@H](CCC3CC(F)C(C(F)(F)F)C(F)C3)C(=O)N2C1. The van der Waals surface area contributed by atoms with E-state index in [9.17, 15) is 41.5 Å². The number of alkyl halides is 6. The summed E-state index contributed by atoms with van der Waals surface area (Å²) in [6, 6.07) is -9.65. The van der Waals surface area contributed by atoms with E-state index in [-0.39, 0.29) is 102 Å². The fourth-order valence-corrected chi connectivity index (χ4v) is 15.9. The van der Waals surface area contributed by atoms with E-state index in [1.54, 1.807) is 32.9 Å². The molecule has 12 atom stereocenters. The van der Waals surface area contributed by atoms with Crippen molar-refractivity contribution in [3.63, 3.8) is 0 Å². The number of amides is 11. The van der Waals surface area contributed by atoms with E-state index in [2.05, 4.69) is 16.0 Å². The smallest absolute Gasteiger partial charge is 0.377 e. The summed E-state index contributed by atoms with van der Waals surface area (Å²) in [6.07, 6.45) is -5.77. The van der Waals surface area contributed by atoms with E-state index < -0.39 is 206 Å². The highest BCUT2D eigenvalue weighted by molar-refractivity contribution is 6.00. The Bertz CT molecular complexity index is 2950. The molecule has 7 aliphatic rings. The number of likely N-dealkylation sites (N-methyl/N-ethyl adjacent to an activating group) is 6. The molecule has 6 fully saturated rings. The molecule has 0 aromatic carbocycles. The Morgan fingerprint density at radius 1 is 0.614 bits per heavy atom. The average molecular weight is 1440 g/mol. The van der Waals surface area contributed by atoms with Gasteiger partial charge < -0.3 is 59.9 Å². The second-order valence-electron chi connectivity index (χ2n) is 30.2. The van der Waals surface area contributed by atoms with Crippen LogP contribution in [0.15, 0.2) is 12.2 Å². The molecule has 2 unspecified atom stereocenters. The van der Waals surface area contributed by atoms with Crippen LogP contribution in [0.1, 0.15) is 183 Å². The molecule has 101 heavy (non-hydrogen) atoms. The lowest BCUT2D eigenvalue weighted by molar-refractivity contribution is -0.219. The molecule has 4 saturated carbocycles. The number of carbonyl (C=O) groups excluding carboxylic acids is 11. The number of nitrogens with zero attached hydrogens (tertiary/aromatic N) is 8. The van der Waals surface area contributed by atoms with Crippen molar-refractivity contribution in [1.82, 2.24) is 55.1 Å². The molecule has 2 bridgehead atoms. The Morgan fingerprint density at radius 3 is 1.78 bits per heavy atom. The van der Waals surface area contributed by atoms with Crippen LogP contribution in [0.4, 0.5) is 26.3 Å². The van der Waals surface area contributed by atoms with E-state index >= 15 is 37.5 Å². The molecule has 3 aliphatic heterocycles. The molecule has 7 rings (SSSR count). The van der Waals surface area contributed by atoms with Gasteiger partial charge in [0.2, 0.25) is 65.0 Å². The second-order valence-corrected chi connectivity index (χ2v) is 30.2. The van der Waals surface area contributed by atoms with E-state index in [0.29, 0.717) is 38.5 Å². The Morgan fingerprint density at radius 2 is 1.22 bits per heavy atom. The summed E-state index contributed by atoms with van der Waals surface area (Å²) >= 11 is 0. The second kappa shape index (κ2) is 35.8. The first-order valence-corrected chi connectivity index (χ1v) is 36.9. The van der Waals surface area contributed by atoms with Crippen LogP contribution >= 0.6 is 0 Å². The van der Waals surface area contributed by atoms with Gasteiger partial charge in [0.15, 0.2) is 0 Å². The lowest BCUT2D eigenvalue weighted by Crippen LogP contribution is -2.68. The first-order valence-electron chi connectivity index (χ1n) is 36.9. The summed E-state index contributed by atoms with van der Waals surface area (Å²) in [5, 5.41) is 8.59. The number of hydrogen-bond acceptors (Lipinski definition) is 12. The molecule has 23 nitrogen and oxygen atoms in total. The van der Waals surface area contributed by atoms with E-state index in [1.165, 1.54) is 76.6 Å². The Balaban J connectivity index is 1.28. The topological polar surface area (TPSA) is 259 Å². The van der Waals surface area contributed by atoms with Gasteiger partial charge in [0, 0.05) is 80.9 Å². The fourth-order valence-electron chi connectivity index (χ4n) is 15.9. The zero-order valence-electron chi connectivity index (χ0n) is 61.4. The van der Waals surface area contributed by atoms with Crippen LogP contribution < -0.4 is 16.0 Å². The van der Waals surface area contributed by atoms with Crippen LogP contribution in [0, 0.1) is 35.5 Å². The predicted octanol–water partition coefficient (Wildman–Crippen LogP) is 6.44. The van der Waals surface area contributed by atoms with Crippen molar-refractivity contribution >= 4 is 65.0 Å². The molecular weight excluding hydrogens is 1320 g/mol. The Labute approximate surface area is 592 Å². The predicted molar refractivity (Wildman–Crippen MR) is 363 cm³/mol. The molecular formula is C72H113F6N11O12. The minimum atomic E-state index is -5.17. The average Bonchev–Trinajstić information content (AvgIpc) is 1.52. The number of halogens is 6. The first-order chi connectivity index (χ1) is 47.6. The van der Waals surface area contributed by atoms with Gasteiger partial charge in [-0.15, -0.1) is 0 Å². The number of nitrogens with one attached hydrogen (secondary N) is 3. The lowest BCUT2D eigenvalue weighted by Gasteiger charge is -2.47. The highest BCUT2D eigenvalue weighted by Crippen LogP contribution is 2.45. The zero-order valence-corrected chi connectivity index (χ0v) is 61.4. The van der Waals surface area contributed by atoms with Crippen molar-refractivity contribution in [3.05, 3.63) is 12.2 Å². The minimum Gasteiger partial charge on any atom is -0.377 e. The minimum absolute atomic E-state index is 0.00998. The quantitative estimate of drug-likeness (QED) is 0.125. The molecule has 2 saturated heterocycles. The molecule has 11 amide bonds. The molecule has 570 valence electrons. The van der Waals surface area contributed by atoms with Crippen molar-refractivity contribution in [1.29, 1.82) is 0 Å². The molecule has 0 radical (unpaired) electrons. The van der Waals surface area contributed by atoms with Gasteiger partial charge in [0.1, 0.15) is 72.3 Å². The van der Waals surface area contributed by atoms with Crippen molar-refractivity contribution in [2.24, 2.45) is 35.5 Å². The maximum absolute atomic E-state index is 15.4. The van der Waals surface area contributed by atoms with Gasteiger partial charge in [-0.1, -0.05) is 72.0 Å². The summed E-state index contributed by atoms with van der Waals surface area (Å²) in [5.41, 5.74) is -1.59. The van der Waals surface area contributed by atoms with Crippen molar-refractivity contribution in [3.8, 4) is 0 Å². The molecule has 3 heterocycles. The molecule has 29 heteroatoms. The molecule has 3 N–H and O–H groups in total. The van der Waals surface area contributed by atoms with E-state index in [0.717, 1.165) is 17.7 Å². The number of hydrogen-bond donors (Lipinski definition) is 3. The van der Waals surface area contributed by atoms with E-state index in [1.807, 2.05) is 20.8 Å². The third-order valence-electron chi connectivity index (χ3n) is 23.2. The zero-order chi connectivity index (χ0) is 74.7. The molecule has 4 aliphatic carbocycles. The monoisotopic (exact) mass is 1440 g/mol.